The molecule has 0 atom stereocenters. The Bertz CT molecular complexity index is 1140. The summed E-state index contributed by atoms with van der Waals surface area (Å²) in [6, 6.07) is 16.7. The maximum atomic E-state index is 12.6. The van der Waals surface area contributed by atoms with Crippen molar-refractivity contribution in [2.75, 3.05) is 0 Å². The first kappa shape index (κ1) is 20.6. The molecule has 28 heavy (non-hydrogen) atoms. The number of rotatable bonds is 5. The van der Waals surface area contributed by atoms with Gasteiger partial charge in [-0.05, 0) is 73.5 Å². The van der Waals surface area contributed by atoms with Gasteiger partial charge < -0.3 is 4.18 Å². The van der Waals surface area contributed by atoms with Gasteiger partial charge in [-0.2, -0.15) is 8.42 Å². The molecule has 0 aliphatic rings. The lowest BCUT2D eigenvalue weighted by molar-refractivity contribution is 0.485. The molecule has 144 valence electrons. The number of aliphatic imine (C=N–C) groups is 1. The van der Waals surface area contributed by atoms with E-state index < -0.39 is 10.1 Å². The van der Waals surface area contributed by atoms with E-state index in [2.05, 4.69) is 20.9 Å². The average Bonchev–Trinajstić information content (AvgIpc) is 2.65. The summed E-state index contributed by atoms with van der Waals surface area (Å²) in [6.07, 6.45) is 1.60. The van der Waals surface area contributed by atoms with Gasteiger partial charge in [0, 0.05) is 21.3 Å². The zero-order chi connectivity index (χ0) is 20.3. The summed E-state index contributed by atoms with van der Waals surface area (Å²) in [5.74, 6) is 0.187. The van der Waals surface area contributed by atoms with E-state index in [1.165, 1.54) is 24.3 Å². The molecule has 3 aromatic rings. The highest BCUT2D eigenvalue weighted by molar-refractivity contribution is 9.10. The lowest BCUT2D eigenvalue weighted by Gasteiger charge is -2.10. The van der Waals surface area contributed by atoms with Crippen molar-refractivity contribution in [3.63, 3.8) is 0 Å². The summed E-state index contributed by atoms with van der Waals surface area (Å²) in [6.45, 7) is 4.01. The third-order valence-electron chi connectivity index (χ3n) is 4.19. The first-order valence-corrected chi connectivity index (χ1v) is 10.9. The number of nitrogens with zero attached hydrogens (tertiary/aromatic N) is 1. The molecule has 0 aliphatic heterocycles. The quantitative estimate of drug-likeness (QED) is 0.322. The van der Waals surface area contributed by atoms with Crippen molar-refractivity contribution in [1.82, 2.24) is 0 Å². The molecule has 0 bridgehead atoms. The van der Waals surface area contributed by atoms with E-state index in [1.54, 1.807) is 24.4 Å². The minimum Gasteiger partial charge on any atom is -0.378 e. The topological polar surface area (TPSA) is 55.7 Å². The van der Waals surface area contributed by atoms with Crippen molar-refractivity contribution < 1.29 is 12.6 Å². The van der Waals surface area contributed by atoms with Crippen molar-refractivity contribution in [3.05, 3.63) is 86.8 Å². The van der Waals surface area contributed by atoms with E-state index in [-0.39, 0.29) is 10.6 Å². The number of benzene rings is 3. The maximum Gasteiger partial charge on any atom is 0.339 e. The fourth-order valence-corrected chi connectivity index (χ4v) is 3.94. The zero-order valence-electron chi connectivity index (χ0n) is 15.2. The predicted molar refractivity (Wildman–Crippen MR) is 117 cm³/mol. The average molecular weight is 479 g/mol. The van der Waals surface area contributed by atoms with Gasteiger partial charge in [0.25, 0.3) is 0 Å². The number of hydrogen-bond donors (Lipinski definition) is 0. The van der Waals surface area contributed by atoms with Gasteiger partial charge in [0.1, 0.15) is 4.90 Å². The highest BCUT2D eigenvalue weighted by atomic mass is 79.9. The van der Waals surface area contributed by atoms with Crippen LogP contribution in [-0.4, -0.2) is 14.6 Å². The van der Waals surface area contributed by atoms with Crippen LogP contribution in [0.3, 0.4) is 0 Å². The highest BCUT2D eigenvalue weighted by Gasteiger charge is 2.18. The molecule has 4 nitrogen and oxygen atoms in total. The number of aryl methyl sites for hydroxylation is 1. The number of hydrogen-bond acceptors (Lipinski definition) is 4. The van der Waals surface area contributed by atoms with Gasteiger partial charge in [-0.15, -0.1) is 0 Å². The Balaban J connectivity index is 1.96. The molecule has 7 heteroatoms. The van der Waals surface area contributed by atoms with Gasteiger partial charge in [-0.3, -0.25) is 4.99 Å². The predicted octanol–water partition coefficient (Wildman–Crippen LogP) is 6.24. The molecular weight excluding hydrogens is 462 g/mol. The summed E-state index contributed by atoms with van der Waals surface area (Å²) >= 11 is 9.23. The second-order valence-electron chi connectivity index (χ2n) is 6.15. The monoisotopic (exact) mass is 477 g/mol. The van der Waals surface area contributed by atoms with E-state index in [0.717, 1.165) is 21.3 Å². The van der Waals surface area contributed by atoms with Crippen LogP contribution < -0.4 is 4.18 Å². The van der Waals surface area contributed by atoms with Gasteiger partial charge in [0.05, 0.1) is 5.69 Å². The Morgan fingerprint density at radius 2 is 1.75 bits per heavy atom. The zero-order valence-corrected chi connectivity index (χ0v) is 18.3. The SMILES string of the molecule is Cc1cccc(N=Cc2cc(Br)ccc2OS(=O)(=O)c2ccc(Cl)cc2)c1C. The normalized spacial score (nSPS) is 11.7. The number of halogens is 2. The van der Waals surface area contributed by atoms with Gasteiger partial charge in [0.15, 0.2) is 5.75 Å². The Morgan fingerprint density at radius 3 is 2.46 bits per heavy atom. The molecule has 0 radical (unpaired) electrons. The Morgan fingerprint density at radius 1 is 1.04 bits per heavy atom. The Kier molecular flexibility index (Phi) is 6.23. The van der Waals surface area contributed by atoms with Crippen LogP contribution in [0.1, 0.15) is 16.7 Å². The van der Waals surface area contributed by atoms with E-state index >= 15 is 0 Å². The third-order valence-corrected chi connectivity index (χ3v) is 6.19. The fraction of sp³-hybridized carbons (Fsp3) is 0.0952. The van der Waals surface area contributed by atoms with Gasteiger partial charge >= 0.3 is 10.1 Å². The smallest absolute Gasteiger partial charge is 0.339 e. The van der Waals surface area contributed by atoms with Gasteiger partial charge in [-0.25, -0.2) is 0 Å². The van der Waals surface area contributed by atoms with Crippen LogP contribution in [0.5, 0.6) is 5.75 Å². The molecule has 0 spiro atoms. The fourth-order valence-electron chi connectivity index (χ4n) is 2.48. The summed E-state index contributed by atoms with van der Waals surface area (Å²) in [5, 5.41) is 0.448. The molecule has 0 saturated heterocycles. The van der Waals surface area contributed by atoms with E-state index in [0.29, 0.717) is 10.6 Å². The van der Waals surface area contributed by atoms with E-state index in [1.807, 2.05) is 32.0 Å². The van der Waals surface area contributed by atoms with Crippen LogP contribution in [0.4, 0.5) is 5.69 Å². The second-order valence-corrected chi connectivity index (χ2v) is 9.05. The van der Waals surface area contributed by atoms with Crippen LogP contribution in [0.25, 0.3) is 0 Å². The van der Waals surface area contributed by atoms with Crippen LogP contribution in [-0.2, 0) is 10.1 Å². The minimum absolute atomic E-state index is 0.0252. The minimum atomic E-state index is -4.00. The van der Waals surface area contributed by atoms with Crippen LogP contribution in [0.2, 0.25) is 5.02 Å². The van der Waals surface area contributed by atoms with Gasteiger partial charge in [-0.1, -0.05) is 39.7 Å². The van der Waals surface area contributed by atoms with E-state index in [4.69, 9.17) is 15.8 Å². The molecule has 3 aromatic carbocycles. The first-order valence-electron chi connectivity index (χ1n) is 8.36. The van der Waals surface area contributed by atoms with Crippen molar-refractivity contribution in [2.45, 2.75) is 18.7 Å². The highest BCUT2D eigenvalue weighted by Crippen LogP contribution is 2.27. The molecule has 3 rings (SSSR count). The van der Waals surface area contributed by atoms with E-state index in [9.17, 15) is 8.42 Å². The van der Waals surface area contributed by atoms with Gasteiger partial charge in [0.2, 0.25) is 0 Å². The van der Waals surface area contributed by atoms with Crippen molar-refractivity contribution >= 4 is 49.6 Å². The largest absolute Gasteiger partial charge is 0.378 e. The molecule has 0 saturated carbocycles. The molecule has 0 heterocycles. The first-order chi connectivity index (χ1) is 13.3. The Labute approximate surface area is 178 Å². The second kappa shape index (κ2) is 8.47. The molecule has 0 aromatic heterocycles. The summed E-state index contributed by atoms with van der Waals surface area (Å²) in [4.78, 5) is 4.54. The summed E-state index contributed by atoms with van der Waals surface area (Å²) in [7, 11) is -4.00. The van der Waals surface area contributed by atoms with Crippen LogP contribution in [0.15, 0.2) is 75.0 Å². The van der Waals surface area contributed by atoms with Crippen molar-refractivity contribution in [3.8, 4) is 5.75 Å². The van der Waals surface area contributed by atoms with Crippen molar-refractivity contribution in [2.24, 2.45) is 4.99 Å². The molecule has 0 fully saturated rings. The third kappa shape index (κ3) is 4.82. The summed E-state index contributed by atoms with van der Waals surface area (Å²) in [5.41, 5.74) is 3.54. The summed E-state index contributed by atoms with van der Waals surface area (Å²) < 4.78 is 31.4. The maximum absolute atomic E-state index is 12.6. The molecule has 0 aliphatic carbocycles. The van der Waals surface area contributed by atoms with Crippen LogP contribution in [0, 0.1) is 13.8 Å². The standard InChI is InChI=1S/C21H17BrClNO3S/c1-14-4-3-5-20(15(14)2)24-13-16-12-17(22)6-11-21(16)27-28(25,26)19-9-7-18(23)8-10-19/h3-13H,1-2H3. The molecule has 0 amide bonds. The Hall–Kier alpha value is -2.15. The van der Waals surface area contributed by atoms with Crippen LogP contribution >= 0.6 is 27.5 Å². The molecule has 0 N–H and O–H groups in total. The molecule has 0 unspecified atom stereocenters. The lowest BCUT2D eigenvalue weighted by Crippen LogP contribution is -2.10. The lowest BCUT2D eigenvalue weighted by atomic mass is 10.1. The van der Waals surface area contributed by atoms with Crippen molar-refractivity contribution in [1.29, 1.82) is 0 Å². The molecular formula is C21H17BrClNO3S.